The zero-order valence-corrected chi connectivity index (χ0v) is 14.7. The van der Waals surface area contributed by atoms with Crippen molar-refractivity contribution in [2.45, 2.75) is 19.5 Å². The Bertz CT molecular complexity index is 683. The molecule has 1 N–H and O–H groups in total. The number of fused-ring (bicyclic) bond motifs is 1. The molecule has 2 aliphatic rings. The Kier molecular flexibility index (Phi) is 5.14. The Hall–Kier alpha value is -2.11. The topological polar surface area (TPSA) is 40.6 Å². The van der Waals surface area contributed by atoms with E-state index in [2.05, 4.69) is 57.6 Å². The number of anilines is 1. The van der Waals surface area contributed by atoms with E-state index in [1.807, 2.05) is 0 Å². The summed E-state index contributed by atoms with van der Waals surface area (Å²) in [5, 5.41) is 3.44. The Morgan fingerprint density at radius 1 is 1.00 bits per heavy atom. The highest BCUT2D eigenvalue weighted by atomic mass is 16.5. The van der Waals surface area contributed by atoms with Gasteiger partial charge in [-0.3, -0.25) is 4.90 Å². The fourth-order valence-corrected chi connectivity index (χ4v) is 3.52. The predicted molar refractivity (Wildman–Crippen MR) is 100.0 cm³/mol. The molecular weight excluding hydrogens is 312 g/mol. The summed E-state index contributed by atoms with van der Waals surface area (Å²) in [6.07, 6.45) is 1.16. The van der Waals surface area contributed by atoms with Gasteiger partial charge in [0.15, 0.2) is 0 Å². The molecule has 0 unspecified atom stereocenters. The molecule has 1 aromatic heterocycles. The number of hydrogen-bond acceptors (Lipinski definition) is 5. The smallest absolute Gasteiger partial charge is 0.219 e. The molecule has 0 spiro atoms. The Morgan fingerprint density at radius 2 is 1.92 bits per heavy atom. The van der Waals surface area contributed by atoms with Gasteiger partial charge in [0.2, 0.25) is 5.88 Å². The van der Waals surface area contributed by atoms with Crippen molar-refractivity contribution >= 4 is 5.82 Å². The van der Waals surface area contributed by atoms with Gasteiger partial charge in [-0.1, -0.05) is 30.3 Å². The second-order valence-corrected chi connectivity index (χ2v) is 6.77. The van der Waals surface area contributed by atoms with Gasteiger partial charge in [0, 0.05) is 44.8 Å². The van der Waals surface area contributed by atoms with Gasteiger partial charge in [-0.05, 0) is 30.7 Å². The molecule has 132 valence electrons. The number of nitrogens with one attached hydrogen (secondary N) is 1. The fraction of sp³-hybridized carbons (Fsp3) is 0.450. The van der Waals surface area contributed by atoms with Crippen LogP contribution in [0.5, 0.6) is 5.88 Å². The molecule has 1 fully saturated rings. The molecule has 0 saturated carbocycles. The van der Waals surface area contributed by atoms with Crippen molar-refractivity contribution in [1.82, 2.24) is 15.2 Å². The number of pyridine rings is 1. The standard InChI is InChI=1S/C20H26N4O/c1-2-5-17(6-3-1)15-23-13-14-25-20-18(16-23)7-8-19(22-20)24-11-4-9-21-10-12-24/h1-3,5-8,21H,4,9-16H2. The van der Waals surface area contributed by atoms with Gasteiger partial charge in [0.25, 0.3) is 0 Å². The van der Waals surface area contributed by atoms with Gasteiger partial charge in [0.05, 0.1) is 0 Å². The maximum Gasteiger partial charge on any atom is 0.219 e. The Balaban J connectivity index is 1.48. The number of benzene rings is 1. The van der Waals surface area contributed by atoms with Gasteiger partial charge in [-0.15, -0.1) is 0 Å². The van der Waals surface area contributed by atoms with Gasteiger partial charge >= 0.3 is 0 Å². The van der Waals surface area contributed by atoms with E-state index in [0.717, 1.165) is 63.9 Å². The first-order chi connectivity index (χ1) is 12.4. The van der Waals surface area contributed by atoms with Gasteiger partial charge in [-0.2, -0.15) is 4.98 Å². The number of hydrogen-bond donors (Lipinski definition) is 1. The summed E-state index contributed by atoms with van der Waals surface area (Å²) in [5.41, 5.74) is 2.53. The second kappa shape index (κ2) is 7.85. The van der Waals surface area contributed by atoms with Crippen LogP contribution in [0.25, 0.3) is 0 Å². The summed E-state index contributed by atoms with van der Waals surface area (Å²) >= 11 is 0. The van der Waals surface area contributed by atoms with Crippen LogP contribution in [0.2, 0.25) is 0 Å². The number of rotatable bonds is 3. The van der Waals surface area contributed by atoms with Gasteiger partial charge in [0.1, 0.15) is 12.4 Å². The highest BCUT2D eigenvalue weighted by Crippen LogP contribution is 2.25. The SMILES string of the molecule is c1ccc(CN2CCOc3nc(N4CCCNCC4)ccc3C2)cc1. The molecule has 2 aromatic rings. The summed E-state index contributed by atoms with van der Waals surface area (Å²) in [7, 11) is 0. The normalized spacial score (nSPS) is 18.8. The third-order valence-corrected chi connectivity index (χ3v) is 4.88. The molecule has 0 atom stereocenters. The lowest BCUT2D eigenvalue weighted by atomic mass is 10.2. The Labute approximate surface area is 149 Å². The lowest BCUT2D eigenvalue weighted by molar-refractivity contribution is 0.217. The van der Waals surface area contributed by atoms with Crippen molar-refractivity contribution in [3.63, 3.8) is 0 Å². The van der Waals surface area contributed by atoms with E-state index < -0.39 is 0 Å². The number of ether oxygens (including phenoxy) is 1. The first kappa shape index (κ1) is 16.4. The lowest BCUT2D eigenvalue weighted by Gasteiger charge is -2.22. The number of aromatic nitrogens is 1. The van der Waals surface area contributed by atoms with Crippen molar-refractivity contribution in [1.29, 1.82) is 0 Å². The average Bonchev–Trinajstić information content (AvgIpc) is 3.02. The molecule has 0 aliphatic carbocycles. The first-order valence-electron chi connectivity index (χ1n) is 9.23. The summed E-state index contributed by atoms with van der Waals surface area (Å²) in [6, 6.07) is 15.0. The van der Waals surface area contributed by atoms with Crippen molar-refractivity contribution in [3.8, 4) is 5.88 Å². The minimum Gasteiger partial charge on any atom is -0.476 e. The van der Waals surface area contributed by atoms with E-state index in [4.69, 9.17) is 9.72 Å². The van der Waals surface area contributed by atoms with E-state index in [0.29, 0.717) is 6.61 Å². The molecule has 0 amide bonds. The third-order valence-electron chi connectivity index (χ3n) is 4.88. The minimum absolute atomic E-state index is 0.692. The van der Waals surface area contributed by atoms with Crippen LogP contribution in [-0.4, -0.2) is 49.2 Å². The van der Waals surface area contributed by atoms with Gasteiger partial charge < -0.3 is 15.0 Å². The molecule has 25 heavy (non-hydrogen) atoms. The highest BCUT2D eigenvalue weighted by molar-refractivity contribution is 5.44. The van der Waals surface area contributed by atoms with Crippen LogP contribution >= 0.6 is 0 Å². The fourth-order valence-electron chi connectivity index (χ4n) is 3.52. The van der Waals surface area contributed by atoms with Crippen LogP contribution in [0, 0.1) is 0 Å². The minimum atomic E-state index is 0.692. The van der Waals surface area contributed by atoms with E-state index in [-0.39, 0.29) is 0 Å². The van der Waals surface area contributed by atoms with Crippen molar-refractivity contribution in [3.05, 3.63) is 53.6 Å². The summed E-state index contributed by atoms with van der Waals surface area (Å²) < 4.78 is 5.98. The van der Waals surface area contributed by atoms with Crippen LogP contribution < -0.4 is 15.0 Å². The van der Waals surface area contributed by atoms with E-state index in [1.165, 1.54) is 11.1 Å². The molecule has 3 heterocycles. The van der Waals surface area contributed by atoms with Crippen molar-refractivity contribution < 1.29 is 4.74 Å². The molecule has 1 saturated heterocycles. The molecule has 5 nitrogen and oxygen atoms in total. The summed E-state index contributed by atoms with van der Waals surface area (Å²) in [5.74, 6) is 1.85. The second-order valence-electron chi connectivity index (χ2n) is 6.77. The Morgan fingerprint density at radius 3 is 2.84 bits per heavy atom. The molecule has 5 heteroatoms. The highest BCUT2D eigenvalue weighted by Gasteiger charge is 2.19. The molecule has 2 aliphatic heterocycles. The van der Waals surface area contributed by atoms with Crippen LogP contribution in [-0.2, 0) is 13.1 Å². The molecule has 1 aromatic carbocycles. The predicted octanol–water partition coefficient (Wildman–Crippen LogP) is 2.28. The van der Waals surface area contributed by atoms with Crippen LogP contribution in [0.3, 0.4) is 0 Å². The van der Waals surface area contributed by atoms with Crippen molar-refractivity contribution in [2.24, 2.45) is 0 Å². The largest absolute Gasteiger partial charge is 0.476 e. The van der Waals surface area contributed by atoms with E-state index >= 15 is 0 Å². The van der Waals surface area contributed by atoms with Crippen molar-refractivity contribution in [2.75, 3.05) is 44.2 Å². The summed E-state index contributed by atoms with van der Waals surface area (Å²) in [6.45, 7) is 7.62. The van der Waals surface area contributed by atoms with Crippen LogP contribution in [0.4, 0.5) is 5.82 Å². The van der Waals surface area contributed by atoms with Crippen LogP contribution in [0.15, 0.2) is 42.5 Å². The monoisotopic (exact) mass is 338 g/mol. The molecule has 4 rings (SSSR count). The van der Waals surface area contributed by atoms with E-state index in [1.54, 1.807) is 0 Å². The zero-order valence-electron chi connectivity index (χ0n) is 14.7. The van der Waals surface area contributed by atoms with Gasteiger partial charge in [-0.25, -0.2) is 0 Å². The maximum atomic E-state index is 5.98. The summed E-state index contributed by atoms with van der Waals surface area (Å²) in [4.78, 5) is 9.62. The molecule has 0 radical (unpaired) electrons. The maximum absolute atomic E-state index is 5.98. The molecular formula is C20H26N4O. The lowest BCUT2D eigenvalue weighted by Crippen LogP contribution is -2.28. The molecule has 0 bridgehead atoms. The number of nitrogens with zero attached hydrogens (tertiary/aromatic N) is 3. The first-order valence-corrected chi connectivity index (χ1v) is 9.23. The zero-order chi connectivity index (χ0) is 16.9. The third kappa shape index (κ3) is 4.11. The quantitative estimate of drug-likeness (QED) is 0.930. The average molecular weight is 338 g/mol. The van der Waals surface area contributed by atoms with Crippen LogP contribution in [0.1, 0.15) is 17.5 Å². The van der Waals surface area contributed by atoms with E-state index in [9.17, 15) is 0 Å².